The summed E-state index contributed by atoms with van der Waals surface area (Å²) in [7, 11) is 0. The number of aromatic nitrogens is 1. The second-order valence-corrected chi connectivity index (χ2v) is 6.33. The molecule has 6 heteroatoms. The van der Waals surface area contributed by atoms with Gasteiger partial charge in [0, 0.05) is 42.4 Å². The van der Waals surface area contributed by atoms with Gasteiger partial charge in [-0.1, -0.05) is 25.1 Å². The molecule has 5 nitrogen and oxygen atoms in total. The highest BCUT2D eigenvalue weighted by Crippen LogP contribution is 2.19. The standard InChI is InChI=1S/C17H19N3O2S/c1-12(16-18-8-9-23-16)11-20-17(21)19-7-6-14-10-13-4-2-3-5-15(13)22-14/h2-5,8-10,12H,6-7,11H2,1H3,(H2,19,20,21). The van der Waals surface area contributed by atoms with Gasteiger partial charge in [0.05, 0.1) is 5.01 Å². The summed E-state index contributed by atoms with van der Waals surface area (Å²) in [5.41, 5.74) is 0.879. The minimum Gasteiger partial charge on any atom is -0.461 e. The maximum Gasteiger partial charge on any atom is 0.314 e. The van der Waals surface area contributed by atoms with Crippen molar-refractivity contribution < 1.29 is 9.21 Å². The second-order valence-electron chi connectivity index (χ2n) is 5.41. The number of nitrogens with one attached hydrogen (secondary N) is 2. The van der Waals surface area contributed by atoms with Crippen LogP contribution in [-0.2, 0) is 6.42 Å². The van der Waals surface area contributed by atoms with Gasteiger partial charge in [-0.2, -0.15) is 0 Å². The van der Waals surface area contributed by atoms with Gasteiger partial charge >= 0.3 is 6.03 Å². The summed E-state index contributed by atoms with van der Waals surface area (Å²) in [6.45, 7) is 3.16. The van der Waals surface area contributed by atoms with E-state index in [-0.39, 0.29) is 11.9 Å². The van der Waals surface area contributed by atoms with Crippen LogP contribution in [0.25, 0.3) is 11.0 Å². The molecule has 2 heterocycles. The van der Waals surface area contributed by atoms with Gasteiger partial charge in [-0.3, -0.25) is 0 Å². The van der Waals surface area contributed by atoms with Gasteiger partial charge in [0.25, 0.3) is 0 Å². The predicted molar refractivity (Wildman–Crippen MR) is 91.8 cm³/mol. The Hall–Kier alpha value is -2.34. The Morgan fingerprint density at radius 1 is 1.35 bits per heavy atom. The fourth-order valence-corrected chi connectivity index (χ4v) is 3.03. The molecule has 0 radical (unpaired) electrons. The first-order valence-corrected chi connectivity index (χ1v) is 8.49. The Morgan fingerprint density at radius 3 is 3.00 bits per heavy atom. The number of fused-ring (bicyclic) bond motifs is 1. The van der Waals surface area contributed by atoms with Crippen molar-refractivity contribution in [3.63, 3.8) is 0 Å². The van der Waals surface area contributed by atoms with Gasteiger partial charge in [-0.15, -0.1) is 11.3 Å². The normalized spacial score (nSPS) is 12.2. The molecule has 0 aliphatic rings. The van der Waals surface area contributed by atoms with Crippen LogP contribution in [0.3, 0.4) is 0 Å². The number of hydrogen-bond acceptors (Lipinski definition) is 4. The Bertz CT molecular complexity index is 734. The van der Waals surface area contributed by atoms with E-state index in [1.54, 1.807) is 17.5 Å². The SMILES string of the molecule is CC(CNC(=O)NCCc1cc2ccccc2o1)c1nccs1. The van der Waals surface area contributed by atoms with E-state index in [1.165, 1.54) is 0 Å². The highest BCUT2D eigenvalue weighted by molar-refractivity contribution is 7.09. The molecule has 0 saturated carbocycles. The Kier molecular flexibility index (Phi) is 4.92. The van der Waals surface area contributed by atoms with E-state index in [0.717, 1.165) is 21.7 Å². The first kappa shape index (κ1) is 15.6. The highest BCUT2D eigenvalue weighted by Gasteiger charge is 2.10. The van der Waals surface area contributed by atoms with Crippen LogP contribution in [0.4, 0.5) is 4.79 Å². The summed E-state index contributed by atoms with van der Waals surface area (Å²) in [6, 6.07) is 9.74. The molecule has 2 amide bonds. The van der Waals surface area contributed by atoms with Crippen LogP contribution in [0.1, 0.15) is 23.6 Å². The van der Waals surface area contributed by atoms with E-state index in [2.05, 4.69) is 15.6 Å². The minimum atomic E-state index is -0.162. The molecular weight excluding hydrogens is 310 g/mol. The molecule has 120 valence electrons. The van der Waals surface area contributed by atoms with Crippen LogP contribution in [0, 0.1) is 0 Å². The third-order valence-corrected chi connectivity index (χ3v) is 4.58. The summed E-state index contributed by atoms with van der Waals surface area (Å²) in [5, 5.41) is 9.78. The molecule has 2 N–H and O–H groups in total. The van der Waals surface area contributed by atoms with E-state index in [1.807, 2.05) is 42.6 Å². The average Bonchev–Trinajstić information content (AvgIpc) is 3.21. The van der Waals surface area contributed by atoms with Crippen molar-refractivity contribution >= 4 is 28.3 Å². The summed E-state index contributed by atoms with van der Waals surface area (Å²) < 4.78 is 5.72. The number of carbonyl (C=O) groups is 1. The average molecular weight is 329 g/mol. The van der Waals surface area contributed by atoms with E-state index in [0.29, 0.717) is 19.5 Å². The van der Waals surface area contributed by atoms with E-state index < -0.39 is 0 Å². The number of amides is 2. The Labute approximate surface area is 138 Å². The van der Waals surface area contributed by atoms with Crippen molar-refractivity contribution in [3.05, 3.63) is 52.7 Å². The van der Waals surface area contributed by atoms with Crippen LogP contribution in [0.5, 0.6) is 0 Å². The lowest BCUT2D eigenvalue weighted by molar-refractivity contribution is 0.240. The minimum absolute atomic E-state index is 0.162. The van der Waals surface area contributed by atoms with Crippen molar-refractivity contribution in [1.82, 2.24) is 15.6 Å². The van der Waals surface area contributed by atoms with Crippen molar-refractivity contribution in [3.8, 4) is 0 Å². The zero-order chi connectivity index (χ0) is 16.1. The van der Waals surface area contributed by atoms with Crippen molar-refractivity contribution in [1.29, 1.82) is 0 Å². The van der Waals surface area contributed by atoms with E-state index in [9.17, 15) is 4.79 Å². The molecule has 23 heavy (non-hydrogen) atoms. The molecule has 1 unspecified atom stereocenters. The lowest BCUT2D eigenvalue weighted by Gasteiger charge is -2.10. The lowest BCUT2D eigenvalue weighted by atomic mass is 10.2. The number of urea groups is 1. The summed E-state index contributed by atoms with van der Waals surface area (Å²) in [4.78, 5) is 16.1. The number of nitrogens with zero attached hydrogens (tertiary/aromatic N) is 1. The molecule has 0 fully saturated rings. The number of hydrogen-bond donors (Lipinski definition) is 2. The quantitative estimate of drug-likeness (QED) is 0.727. The smallest absolute Gasteiger partial charge is 0.314 e. The molecule has 1 aromatic carbocycles. The van der Waals surface area contributed by atoms with Crippen LogP contribution < -0.4 is 10.6 Å². The van der Waals surface area contributed by atoms with Crippen molar-refractivity contribution in [2.75, 3.05) is 13.1 Å². The Morgan fingerprint density at radius 2 is 2.22 bits per heavy atom. The zero-order valence-electron chi connectivity index (χ0n) is 12.9. The molecular formula is C17H19N3O2S. The van der Waals surface area contributed by atoms with Crippen LogP contribution in [0.15, 0.2) is 46.3 Å². The fraction of sp³-hybridized carbons (Fsp3) is 0.294. The molecule has 0 saturated heterocycles. The molecule has 3 aromatic rings. The Balaban J connectivity index is 1.40. The molecule has 0 spiro atoms. The van der Waals surface area contributed by atoms with Gasteiger partial charge in [0.1, 0.15) is 11.3 Å². The summed E-state index contributed by atoms with van der Waals surface area (Å²) >= 11 is 1.60. The highest BCUT2D eigenvalue weighted by atomic mass is 32.1. The molecule has 0 aliphatic heterocycles. The van der Waals surface area contributed by atoms with E-state index >= 15 is 0 Å². The molecule has 1 atom stereocenters. The predicted octanol–water partition coefficient (Wildman–Crippen LogP) is 3.53. The topological polar surface area (TPSA) is 67.2 Å². The van der Waals surface area contributed by atoms with Crippen molar-refractivity contribution in [2.45, 2.75) is 19.3 Å². The number of carbonyl (C=O) groups excluding carboxylic acids is 1. The fourth-order valence-electron chi connectivity index (χ4n) is 2.33. The molecule has 0 aliphatic carbocycles. The van der Waals surface area contributed by atoms with Gasteiger partial charge in [0.15, 0.2) is 0 Å². The number of thiazole rings is 1. The van der Waals surface area contributed by atoms with Crippen LogP contribution in [-0.4, -0.2) is 24.1 Å². The van der Waals surface area contributed by atoms with Gasteiger partial charge in [0.2, 0.25) is 0 Å². The molecule has 3 rings (SSSR count). The van der Waals surface area contributed by atoms with Gasteiger partial charge in [-0.25, -0.2) is 9.78 Å². The third-order valence-electron chi connectivity index (χ3n) is 3.58. The van der Waals surface area contributed by atoms with E-state index in [4.69, 9.17) is 4.42 Å². The van der Waals surface area contributed by atoms with Crippen LogP contribution in [0.2, 0.25) is 0 Å². The lowest BCUT2D eigenvalue weighted by Crippen LogP contribution is -2.38. The molecule has 2 aromatic heterocycles. The van der Waals surface area contributed by atoms with Gasteiger partial charge in [-0.05, 0) is 12.1 Å². The first-order chi connectivity index (χ1) is 11.2. The largest absolute Gasteiger partial charge is 0.461 e. The zero-order valence-corrected chi connectivity index (χ0v) is 13.7. The summed E-state index contributed by atoms with van der Waals surface area (Å²) in [6.07, 6.45) is 2.45. The number of para-hydroxylation sites is 1. The van der Waals surface area contributed by atoms with Crippen LogP contribution >= 0.6 is 11.3 Å². The van der Waals surface area contributed by atoms with Crippen molar-refractivity contribution in [2.24, 2.45) is 0 Å². The first-order valence-electron chi connectivity index (χ1n) is 7.61. The monoisotopic (exact) mass is 329 g/mol. The van der Waals surface area contributed by atoms with Gasteiger partial charge < -0.3 is 15.1 Å². The summed E-state index contributed by atoms with van der Waals surface area (Å²) in [5.74, 6) is 1.10. The number of benzene rings is 1. The molecule has 0 bridgehead atoms. The number of furan rings is 1. The second kappa shape index (κ2) is 7.28. The maximum absolute atomic E-state index is 11.8. The number of rotatable bonds is 6. The third kappa shape index (κ3) is 4.10. The maximum atomic E-state index is 11.8.